The van der Waals surface area contributed by atoms with Crippen LogP contribution in [-0.2, 0) is 0 Å². The molecule has 1 aromatic heterocycles. The Morgan fingerprint density at radius 1 is 1.44 bits per heavy atom. The number of hydrogen-bond donors (Lipinski definition) is 1. The molecule has 1 aliphatic carbocycles. The van der Waals surface area contributed by atoms with Crippen molar-refractivity contribution in [2.24, 2.45) is 16.1 Å². The third-order valence-corrected chi connectivity index (χ3v) is 2.94. The van der Waals surface area contributed by atoms with Crippen LogP contribution in [0.15, 0.2) is 28.5 Å². The van der Waals surface area contributed by atoms with Crippen LogP contribution in [0.4, 0.5) is 0 Å². The highest BCUT2D eigenvalue weighted by Crippen LogP contribution is 2.32. The van der Waals surface area contributed by atoms with Crippen LogP contribution in [0.5, 0.6) is 0 Å². The fourth-order valence-electron chi connectivity index (χ4n) is 1.79. The number of rotatable bonds is 2. The third-order valence-electron chi connectivity index (χ3n) is 2.94. The number of aromatic nitrogens is 1. The van der Waals surface area contributed by atoms with Gasteiger partial charge in [-0.15, -0.1) is 5.10 Å². The fourth-order valence-corrected chi connectivity index (χ4v) is 1.79. The van der Waals surface area contributed by atoms with Crippen LogP contribution in [-0.4, -0.2) is 22.4 Å². The Balaban J connectivity index is 0.00000133. The van der Waals surface area contributed by atoms with Crippen molar-refractivity contribution in [2.45, 2.75) is 19.8 Å². The van der Waals surface area contributed by atoms with Crippen LogP contribution in [0.3, 0.4) is 0 Å². The molecule has 3 rings (SSSR count). The smallest absolute Gasteiger partial charge is 0.275 e. The molecule has 2 aliphatic rings. The molecule has 1 radical (unpaired) electrons. The third kappa shape index (κ3) is 2.30. The van der Waals surface area contributed by atoms with Gasteiger partial charge in [0.1, 0.15) is 11.5 Å². The molecule has 93 valence electrons. The zero-order valence-corrected chi connectivity index (χ0v) is 10.1. The van der Waals surface area contributed by atoms with Crippen LogP contribution in [0.2, 0.25) is 0 Å². The molecule has 5 nitrogen and oxygen atoms in total. The van der Waals surface area contributed by atoms with Crippen molar-refractivity contribution in [3.05, 3.63) is 36.0 Å². The van der Waals surface area contributed by atoms with Gasteiger partial charge in [0.25, 0.3) is 5.91 Å². The van der Waals surface area contributed by atoms with E-state index in [1.165, 1.54) is 12.8 Å². The topological polar surface area (TPSA) is 66.7 Å². The maximum absolute atomic E-state index is 11.9. The van der Waals surface area contributed by atoms with Gasteiger partial charge in [-0.2, -0.15) is 5.10 Å². The summed E-state index contributed by atoms with van der Waals surface area (Å²) in [6.45, 7) is 1.92. The minimum atomic E-state index is -0.249. The minimum absolute atomic E-state index is 0. The van der Waals surface area contributed by atoms with Crippen LogP contribution in [0.1, 0.15) is 30.3 Å². The Morgan fingerprint density at radius 2 is 2.28 bits per heavy atom. The number of carbonyl (C=O) groups is 1. The van der Waals surface area contributed by atoms with Gasteiger partial charge in [0.15, 0.2) is 0 Å². The van der Waals surface area contributed by atoms with Crippen LogP contribution in [0, 0.1) is 19.3 Å². The van der Waals surface area contributed by atoms with Crippen molar-refractivity contribution in [2.75, 3.05) is 0 Å². The second-order valence-electron chi connectivity index (χ2n) is 4.60. The van der Waals surface area contributed by atoms with Crippen molar-refractivity contribution in [3.8, 4) is 0 Å². The summed E-state index contributed by atoms with van der Waals surface area (Å²) in [6.07, 6.45) is 5.80. The molecule has 0 aromatic carbocycles. The predicted octanol–water partition coefficient (Wildman–Crippen LogP) is 1.75. The summed E-state index contributed by atoms with van der Waals surface area (Å²) in [4.78, 5) is 15.9. The quantitative estimate of drug-likeness (QED) is 0.859. The molecule has 0 bridgehead atoms. The first-order valence-electron chi connectivity index (χ1n) is 5.97. The van der Waals surface area contributed by atoms with Gasteiger partial charge in [-0.25, -0.2) is 0 Å². The molecule has 1 N–H and O–H groups in total. The molecule has 1 aliphatic heterocycles. The van der Waals surface area contributed by atoms with E-state index in [2.05, 4.69) is 20.5 Å². The Morgan fingerprint density at radius 3 is 3.00 bits per heavy atom. The van der Waals surface area contributed by atoms with E-state index in [4.69, 9.17) is 0 Å². The number of pyridine rings is 1. The molecule has 0 spiro atoms. The second-order valence-corrected chi connectivity index (χ2v) is 4.60. The summed E-state index contributed by atoms with van der Waals surface area (Å²) in [6, 6.07) is 3.60. The molecule has 1 amide bonds. The Hall–Kier alpha value is -2.04. The van der Waals surface area contributed by atoms with E-state index in [1.807, 2.05) is 19.4 Å². The highest BCUT2D eigenvalue weighted by Gasteiger charge is 2.31. The maximum atomic E-state index is 11.9. The average molecular weight is 243 g/mol. The van der Waals surface area contributed by atoms with Crippen LogP contribution in [0.25, 0.3) is 0 Å². The Labute approximate surface area is 107 Å². The normalized spacial score (nSPS) is 18.3. The van der Waals surface area contributed by atoms with E-state index >= 15 is 0 Å². The summed E-state index contributed by atoms with van der Waals surface area (Å²) >= 11 is 0. The molecule has 5 heteroatoms. The van der Waals surface area contributed by atoms with E-state index < -0.39 is 0 Å². The van der Waals surface area contributed by atoms with Gasteiger partial charge >= 0.3 is 0 Å². The van der Waals surface area contributed by atoms with E-state index in [0.717, 1.165) is 11.3 Å². The minimum Gasteiger partial charge on any atom is -0.307 e. The average Bonchev–Trinajstić information content (AvgIpc) is 3.11. The predicted molar refractivity (Wildman–Crippen MR) is 70.4 cm³/mol. The van der Waals surface area contributed by atoms with Gasteiger partial charge in [0, 0.05) is 7.62 Å². The number of carbonyl (C=O) groups excluding carboxylic acids is 1. The molecule has 1 aromatic rings. The molecular weight excluding hydrogens is 228 g/mol. The highest BCUT2D eigenvalue weighted by atomic mass is 16.2. The molecular formula is C13H15N4O. The van der Waals surface area contributed by atoms with Gasteiger partial charge in [-0.3, -0.25) is 9.78 Å². The molecule has 0 saturated heterocycles. The lowest BCUT2D eigenvalue weighted by molar-refractivity contribution is 0.0972. The lowest BCUT2D eigenvalue weighted by Gasteiger charge is -2.03. The van der Waals surface area contributed by atoms with Crippen LogP contribution < -0.4 is 5.32 Å². The molecule has 1 saturated carbocycles. The summed E-state index contributed by atoms with van der Waals surface area (Å²) in [7, 11) is 0. The number of aryl methyl sites for hydroxylation is 1. The molecule has 1 fully saturated rings. The second kappa shape index (κ2) is 4.33. The van der Waals surface area contributed by atoms with E-state index in [-0.39, 0.29) is 7.33 Å². The number of nitrogens with one attached hydrogen (secondary N) is 1. The van der Waals surface area contributed by atoms with Crippen LogP contribution >= 0.6 is 0 Å². The highest BCUT2D eigenvalue weighted by molar-refractivity contribution is 6.22. The lowest BCUT2D eigenvalue weighted by Crippen LogP contribution is -2.31. The van der Waals surface area contributed by atoms with Crippen molar-refractivity contribution in [3.63, 3.8) is 0 Å². The van der Waals surface area contributed by atoms with Crippen molar-refractivity contribution < 1.29 is 6.22 Å². The molecule has 0 unspecified atom stereocenters. The monoisotopic (exact) mass is 243 g/mol. The largest absolute Gasteiger partial charge is 0.307 e. The first-order valence-corrected chi connectivity index (χ1v) is 5.97. The summed E-state index contributed by atoms with van der Waals surface area (Å²) < 4.78 is 0. The van der Waals surface area contributed by atoms with Crippen molar-refractivity contribution in [1.82, 2.24) is 10.3 Å². The zero-order chi connectivity index (χ0) is 12.5. The summed E-state index contributed by atoms with van der Waals surface area (Å²) in [5, 5.41) is 10.7. The van der Waals surface area contributed by atoms with Crippen molar-refractivity contribution in [1.29, 1.82) is 0 Å². The number of hydrogen-bond acceptors (Lipinski definition) is 4. The molecule has 2 heterocycles. The number of amidine groups is 1. The standard InChI is InChI=1S/C13H13N4O.H2/c1-8-4-5-14-11(6-8)13(18)15-12-7-10(16-17-12)9-2-3-9;/h4-7,9H,2-3H2,1H3,(H,15,17,18);1H. The van der Waals surface area contributed by atoms with E-state index in [1.54, 1.807) is 12.3 Å². The van der Waals surface area contributed by atoms with Crippen molar-refractivity contribution >= 4 is 17.5 Å². The fraction of sp³-hybridized carbons (Fsp3) is 0.308. The SMILES string of the molecule is Cc1ccnc(C(=O)NC2=NN=C(C3CC3)[CH]2)c1.[HH]. The lowest BCUT2D eigenvalue weighted by atomic mass is 10.2. The molecule has 18 heavy (non-hydrogen) atoms. The number of amides is 1. The summed E-state index contributed by atoms with van der Waals surface area (Å²) in [5.74, 6) is 0.798. The van der Waals surface area contributed by atoms with Gasteiger partial charge in [0.05, 0.1) is 12.1 Å². The zero-order valence-electron chi connectivity index (χ0n) is 10.1. The molecule has 0 atom stereocenters. The first-order chi connectivity index (χ1) is 8.72. The van der Waals surface area contributed by atoms with Gasteiger partial charge in [-0.1, -0.05) is 0 Å². The maximum Gasteiger partial charge on any atom is 0.275 e. The Bertz CT molecular complexity index is 564. The van der Waals surface area contributed by atoms with Gasteiger partial charge < -0.3 is 5.32 Å². The van der Waals surface area contributed by atoms with E-state index in [0.29, 0.717) is 17.4 Å². The first kappa shape index (κ1) is 11.1. The van der Waals surface area contributed by atoms with E-state index in [9.17, 15) is 4.79 Å². The Kier molecular flexibility index (Phi) is 2.66. The van der Waals surface area contributed by atoms with Gasteiger partial charge in [-0.05, 0) is 43.4 Å². The van der Waals surface area contributed by atoms with Gasteiger partial charge in [0.2, 0.25) is 0 Å². The number of nitrogens with zero attached hydrogens (tertiary/aromatic N) is 3. The summed E-state index contributed by atoms with van der Waals surface area (Å²) in [5.41, 5.74) is 2.37.